The molecule has 11 aliphatic rings. The zero-order chi connectivity index (χ0) is 51.9. The monoisotopic (exact) mass is 1000 g/mol. The molecule has 1 saturated carbocycles. The topological polar surface area (TPSA) is 49.9 Å². The van der Waals surface area contributed by atoms with Gasteiger partial charge in [0.1, 0.15) is 0 Å². The van der Waals surface area contributed by atoms with Crippen molar-refractivity contribution in [1.82, 2.24) is 19.6 Å². The van der Waals surface area contributed by atoms with Gasteiger partial charge in [0.05, 0.1) is 24.9 Å². The molecule has 0 aromatic carbocycles. The lowest BCUT2D eigenvalue weighted by molar-refractivity contribution is -0.198. The maximum Gasteiger partial charge on any atom is 0.171 e. The van der Waals surface area contributed by atoms with Gasteiger partial charge in [-0.1, -0.05) is 122 Å². The van der Waals surface area contributed by atoms with E-state index >= 15 is 0 Å². The van der Waals surface area contributed by atoms with Gasteiger partial charge >= 0.3 is 0 Å². The van der Waals surface area contributed by atoms with Crippen LogP contribution in [0.2, 0.25) is 0 Å². The quantitative estimate of drug-likeness (QED) is 0.179. The molecule has 0 amide bonds. The van der Waals surface area contributed by atoms with E-state index < -0.39 is 0 Å². The number of rotatable bonds is 12. The maximum absolute atomic E-state index is 6.34. The van der Waals surface area contributed by atoms with E-state index in [1.54, 1.807) is 18.4 Å². The Labute approximate surface area is 444 Å². The largest absolute Gasteiger partial charge is 0.349 e. The predicted molar refractivity (Wildman–Crippen MR) is 300 cm³/mol. The van der Waals surface area contributed by atoms with E-state index in [4.69, 9.17) is 18.9 Å². The average molecular weight is 1010 g/mol. The Morgan fingerprint density at radius 2 is 0.958 bits per heavy atom. The van der Waals surface area contributed by atoms with Crippen molar-refractivity contribution in [2.45, 2.75) is 280 Å². The minimum absolute atomic E-state index is 0.0241. The molecular formula is C64H116N4O4. The van der Waals surface area contributed by atoms with Crippen LogP contribution in [0.3, 0.4) is 0 Å². The van der Waals surface area contributed by atoms with Crippen molar-refractivity contribution in [2.75, 3.05) is 52.5 Å². The van der Waals surface area contributed by atoms with Crippen molar-refractivity contribution < 1.29 is 18.9 Å². The second kappa shape index (κ2) is 23.8. The Kier molecular flexibility index (Phi) is 19.0. The minimum Gasteiger partial charge on any atom is -0.349 e. The molecule has 8 heteroatoms. The third kappa shape index (κ3) is 13.6. The Bertz CT molecular complexity index is 1680. The number of nitrogens with zero attached hydrogens (tertiary/aromatic N) is 4. The summed E-state index contributed by atoms with van der Waals surface area (Å²) in [6.45, 7) is 46.0. The molecule has 2 aliphatic carbocycles. The second-order valence-corrected chi connectivity index (χ2v) is 30.0. The highest BCUT2D eigenvalue weighted by molar-refractivity contribution is 5.28. The molecule has 8 nitrogen and oxygen atoms in total. The fraction of sp³-hybridized carbons (Fsp3) is 0.969. The van der Waals surface area contributed by atoms with Crippen LogP contribution < -0.4 is 0 Å². The number of hydrogen-bond donors (Lipinski definition) is 0. The predicted octanol–water partition coefficient (Wildman–Crippen LogP) is 14.1. The van der Waals surface area contributed by atoms with Gasteiger partial charge in [-0.25, -0.2) is 0 Å². The van der Waals surface area contributed by atoms with E-state index in [2.05, 4.69) is 136 Å². The number of likely N-dealkylation sites (tertiary alicyclic amines) is 1. The maximum atomic E-state index is 6.34. The number of piperidine rings is 4. The van der Waals surface area contributed by atoms with Crippen molar-refractivity contribution in [1.29, 1.82) is 0 Å². The van der Waals surface area contributed by atoms with Gasteiger partial charge in [0.15, 0.2) is 12.1 Å². The zero-order valence-electron chi connectivity index (χ0n) is 50.0. The van der Waals surface area contributed by atoms with E-state index in [1.165, 1.54) is 110 Å². The molecule has 4 spiro atoms. The molecule has 9 saturated heterocycles. The van der Waals surface area contributed by atoms with Crippen molar-refractivity contribution in [3.8, 4) is 0 Å². The van der Waals surface area contributed by atoms with Crippen LogP contribution in [-0.4, -0.2) is 132 Å². The van der Waals surface area contributed by atoms with Crippen LogP contribution in [-0.2, 0) is 18.9 Å². The van der Waals surface area contributed by atoms with Crippen LogP contribution in [0, 0.1) is 64.1 Å². The number of fused-ring (bicyclic) bond motifs is 6. The van der Waals surface area contributed by atoms with Crippen molar-refractivity contribution in [3.63, 3.8) is 0 Å². The summed E-state index contributed by atoms with van der Waals surface area (Å²) in [7, 11) is 0. The number of allylic oxidation sites excluding steroid dienone is 2. The molecule has 6 bridgehead atoms. The summed E-state index contributed by atoms with van der Waals surface area (Å²) in [5.41, 5.74) is 3.17. The first-order valence-corrected chi connectivity index (χ1v) is 31.3. The van der Waals surface area contributed by atoms with Crippen molar-refractivity contribution in [2.24, 2.45) is 64.1 Å². The highest BCUT2D eigenvalue weighted by atomic mass is 16.7. The summed E-state index contributed by atoms with van der Waals surface area (Å²) in [4.78, 5) is 11.0. The average Bonchev–Trinajstić information content (AvgIpc) is 4.04. The highest BCUT2D eigenvalue weighted by Crippen LogP contribution is 2.60. The lowest BCUT2D eigenvalue weighted by Gasteiger charge is -2.56. The summed E-state index contributed by atoms with van der Waals surface area (Å²) in [5.74, 6) is 6.69. The van der Waals surface area contributed by atoms with Gasteiger partial charge in [0.2, 0.25) is 0 Å². The number of ether oxygens (including phenoxy) is 4. The minimum atomic E-state index is -0.248. The summed E-state index contributed by atoms with van der Waals surface area (Å²) in [5, 5.41) is 0. The first kappa shape index (κ1) is 57.6. The van der Waals surface area contributed by atoms with Crippen LogP contribution in [0.1, 0.15) is 220 Å². The lowest BCUT2D eigenvalue weighted by Crippen LogP contribution is -2.53. The fourth-order valence-corrected chi connectivity index (χ4v) is 16.7. The first-order valence-electron chi connectivity index (χ1n) is 31.3. The molecule has 8 unspecified atom stereocenters. The first-order chi connectivity index (χ1) is 34.0. The smallest absolute Gasteiger partial charge is 0.171 e. The van der Waals surface area contributed by atoms with Crippen LogP contribution in [0.15, 0.2) is 11.6 Å². The lowest BCUT2D eigenvalue weighted by atomic mass is 9.54. The Balaban J connectivity index is 0.000000129. The van der Waals surface area contributed by atoms with Gasteiger partial charge in [-0.2, -0.15) is 0 Å². The van der Waals surface area contributed by atoms with Crippen LogP contribution in [0.5, 0.6) is 0 Å². The Hall–Kier alpha value is -0.580. The standard InChI is InChI=1S/C17H31N.C17H29N.C16H29NO2.C14H27NO2/c2*1-12(2)11-18-15-5-6-16(18)10-17(9-15)7-14(8-17)13(3)4;1-11(2)9-17-13-5-6-14(17)8-16(7-13)10-18-15(19-16)12(3)4;1-11(2)9-15-7-5-14(6-8-15)16-10-13(17-14)12(3)4/h12-16H,5-11H2,1-4H3;7,12-13,15-16H,5-6,8-11H2,1-4H3;11-15H,5-10H2,1-4H3;11-13H,5-10H2,1-4H3. The molecular weight excluding hydrogens is 889 g/mol. The highest BCUT2D eigenvalue weighted by Gasteiger charge is 2.56. The second-order valence-electron chi connectivity index (χ2n) is 30.0. The zero-order valence-corrected chi connectivity index (χ0v) is 50.0. The van der Waals surface area contributed by atoms with Gasteiger partial charge in [0, 0.05) is 94.3 Å². The molecule has 10 fully saturated rings. The van der Waals surface area contributed by atoms with E-state index in [9.17, 15) is 0 Å². The third-order valence-corrected chi connectivity index (χ3v) is 20.3. The van der Waals surface area contributed by atoms with Crippen molar-refractivity contribution in [3.05, 3.63) is 11.6 Å². The Morgan fingerprint density at radius 3 is 1.33 bits per heavy atom. The van der Waals surface area contributed by atoms with Gasteiger partial charge < -0.3 is 23.8 Å². The molecule has 8 atom stereocenters. The molecule has 0 aromatic rings. The fourth-order valence-electron chi connectivity index (χ4n) is 16.7. The molecule has 72 heavy (non-hydrogen) atoms. The van der Waals surface area contributed by atoms with Crippen molar-refractivity contribution >= 4 is 0 Å². The van der Waals surface area contributed by atoms with E-state index in [-0.39, 0.29) is 17.7 Å². The summed E-state index contributed by atoms with van der Waals surface area (Å²) < 4.78 is 24.4. The molecule has 0 N–H and O–H groups in total. The van der Waals surface area contributed by atoms with Gasteiger partial charge in [-0.05, 0) is 154 Å². The Morgan fingerprint density at radius 1 is 0.514 bits per heavy atom. The van der Waals surface area contributed by atoms with E-state index in [0.717, 1.165) is 122 Å². The van der Waals surface area contributed by atoms with Gasteiger partial charge in [-0.3, -0.25) is 14.7 Å². The summed E-state index contributed by atoms with van der Waals surface area (Å²) in [6.07, 6.45) is 26.5. The molecule has 0 aromatic heterocycles. The summed E-state index contributed by atoms with van der Waals surface area (Å²) >= 11 is 0. The SMILES string of the molecule is CC(C)CN1C2CCC1CC1(C=C(C(C)C)C1)C2.CC(C)CN1C2CCC1CC1(CC(C(C)C)C1)C2.CC(C)CN1C2CCC1CC1(COC(C(C)C)O1)C2.CC(C)CN1CCC2(CC1)OCC(C(C)C)O2. The third-order valence-electron chi connectivity index (χ3n) is 20.3. The molecule has 0 radical (unpaired) electrons. The van der Waals surface area contributed by atoms with Crippen LogP contribution in [0.4, 0.5) is 0 Å². The number of hydrogen-bond acceptors (Lipinski definition) is 8. The molecule has 9 heterocycles. The van der Waals surface area contributed by atoms with Gasteiger partial charge in [-0.15, -0.1) is 0 Å². The molecule has 9 aliphatic heterocycles. The van der Waals surface area contributed by atoms with E-state index in [1.807, 2.05) is 0 Å². The molecule has 11 rings (SSSR count). The molecule has 416 valence electrons. The van der Waals surface area contributed by atoms with Crippen LogP contribution >= 0.6 is 0 Å². The normalized spacial score (nSPS) is 39.2. The van der Waals surface area contributed by atoms with E-state index in [0.29, 0.717) is 23.4 Å². The van der Waals surface area contributed by atoms with Gasteiger partial charge in [0.25, 0.3) is 0 Å². The van der Waals surface area contributed by atoms with Crippen LogP contribution in [0.25, 0.3) is 0 Å². The summed E-state index contributed by atoms with van der Waals surface area (Å²) in [6, 6.07) is 5.15.